The molecule has 0 radical (unpaired) electrons. The normalized spacial score (nSPS) is 15.6. The van der Waals surface area contributed by atoms with Crippen LogP contribution in [0, 0.1) is 12.8 Å². The van der Waals surface area contributed by atoms with E-state index in [-0.39, 0.29) is 24.7 Å². The molecule has 1 heterocycles. The number of benzene rings is 2. The highest BCUT2D eigenvalue weighted by molar-refractivity contribution is 5.99. The number of methoxy groups -OCH3 is 1. The molecule has 0 spiro atoms. The van der Waals surface area contributed by atoms with Gasteiger partial charge in [0.15, 0.2) is 12.4 Å². The second-order valence-corrected chi connectivity index (χ2v) is 6.92. The second-order valence-electron chi connectivity index (χ2n) is 6.92. The Labute approximate surface area is 173 Å². The number of hydrogen-bond donors (Lipinski definition) is 1. The smallest absolute Gasteiger partial charge is 0.311 e. The lowest BCUT2D eigenvalue weighted by Crippen LogP contribution is -2.43. The van der Waals surface area contributed by atoms with Crippen LogP contribution in [0.25, 0.3) is 0 Å². The topological polar surface area (TPSA) is 102 Å². The van der Waals surface area contributed by atoms with Crippen LogP contribution in [0.3, 0.4) is 0 Å². The zero-order valence-electron chi connectivity index (χ0n) is 16.7. The van der Waals surface area contributed by atoms with Crippen molar-refractivity contribution in [1.82, 2.24) is 10.4 Å². The molecule has 0 saturated carbocycles. The zero-order valence-corrected chi connectivity index (χ0v) is 16.7. The van der Waals surface area contributed by atoms with Gasteiger partial charge >= 0.3 is 5.97 Å². The van der Waals surface area contributed by atoms with Crippen molar-refractivity contribution < 1.29 is 28.7 Å². The first-order chi connectivity index (χ1) is 14.4. The number of nitrogens with one attached hydrogen (secondary N) is 1. The fourth-order valence-corrected chi connectivity index (χ4v) is 3.10. The summed E-state index contributed by atoms with van der Waals surface area (Å²) in [6.07, 6.45) is -0.0936. The molecule has 0 aromatic heterocycles. The van der Waals surface area contributed by atoms with E-state index in [4.69, 9.17) is 9.47 Å². The highest BCUT2D eigenvalue weighted by Gasteiger charge is 2.36. The zero-order chi connectivity index (χ0) is 21.7. The number of Topliss-reactive ketones (excluding diaryl/α,β-unsaturated/α-hetero) is 1. The minimum absolute atomic E-state index is 0.00792. The van der Waals surface area contributed by atoms with Gasteiger partial charge in [0.2, 0.25) is 5.91 Å². The van der Waals surface area contributed by atoms with Crippen molar-refractivity contribution in [3.63, 3.8) is 0 Å². The molecule has 1 N–H and O–H groups in total. The predicted molar refractivity (Wildman–Crippen MR) is 107 cm³/mol. The Morgan fingerprint density at radius 2 is 1.80 bits per heavy atom. The SMILES string of the molecule is COc1ccc(C(=O)COC(=O)C2CC(=O)N(NC(=O)c3ccccc3C)C2)cc1. The summed E-state index contributed by atoms with van der Waals surface area (Å²) in [5, 5.41) is 1.12. The van der Waals surface area contributed by atoms with Gasteiger partial charge in [-0.05, 0) is 42.8 Å². The molecule has 1 atom stereocenters. The van der Waals surface area contributed by atoms with Crippen LogP contribution in [0.2, 0.25) is 0 Å². The van der Waals surface area contributed by atoms with Crippen LogP contribution in [-0.2, 0) is 14.3 Å². The van der Waals surface area contributed by atoms with Gasteiger partial charge in [0, 0.05) is 17.5 Å². The summed E-state index contributed by atoms with van der Waals surface area (Å²) >= 11 is 0. The third-order valence-electron chi connectivity index (χ3n) is 4.84. The Bertz CT molecular complexity index is 970. The van der Waals surface area contributed by atoms with Crippen molar-refractivity contribution >= 4 is 23.6 Å². The molecule has 1 saturated heterocycles. The van der Waals surface area contributed by atoms with Gasteiger partial charge in [0.25, 0.3) is 5.91 Å². The lowest BCUT2D eigenvalue weighted by atomic mass is 10.1. The number of amides is 2. The molecule has 0 aliphatic carbocycles. The van der Waals surface area contributed by atoms with E-state index in [0.29, 0.717) is 16.9 Å². The molecule has 2 aromatic carbocycles. The first-order valence-electron chi connectivity index (χ1n) is 9.40. The molecule has 2 amide bonds. The summed E-state index contributed by atoms with van der Waals surface area (Å²) in [4.78, 5) is 49.0. The lowest BCUT2D eigenvalue weighted by Gasteiger charge is -2.18. The molecule has 1 fully saturated rings. The summed E-state index contributed by atoms with van der Waals surface area (Å²) in [6, 6.07) is 13.4. The van der Waals surface area contributed by atoms with Crippen LogP contribution in [0.5, 0.6) is 5.75 Å². The number of hydrazine groups is 1. The van der Waals surface area contributed by atoms with E-state index in [9.17, 15) is 19.2 Å². The second kappa shape index (κ2) is 9.21. The molecule has 156 valence electrons. The van der Waals surface area contributed by atoms with Crippen molar-refractivity contribution in [1.29, 1.82) is 0 Å². The van der Waals surface area contributed by atoms with Gasteiger partial charge in [0.05, 0.1) is 19.6 Å². The molecule has 1 unspecified atom stereocenters. The quantitative estimate of drug-likeness (QED) is 0.553. The molecule has 8 heteroatoms. The van der Waals surface area contributed by atoms with Crippen LogP contribution in [-0.4, -0.2) is 48.8 Å². The van der Waals surface area contributed by atoms with Gasteiger partial charge in [-0.1, -0.05) is 18.2 Å². The minimum atomic E-state index is -0.752. The Morgan fingerprint density at radius 3 is 2.47 bits per heavy atom. The number of carbonyl (C=O) groups is 4. The van der Waals surface area contributed by atoms with E-state index in [1.54, 1.807) is 49.4 Å². The molecule has 2 aromatic rings. The van der Waals surface area contributed by atoms with Gasteiger partial charge in [-0.15, -0.1) is 0 Å². The van der Waals surface area contributed by atoms with Crippen molar-refractivity contribution in [2.75, 3.05) is 20.3 Å². The van der Waals surface area contributed by atoms with Crippen LogP contribution >= 0.6 is 0 Å². The number of hydrogen-bond acceptors (Lipinski definition) is 6. The Balaban J connectivity index is 1.52. The third kappa shape index (κ3) is 4.83. The van der Waals surface area contributed by atoms with Gasteiger partial charge in [-0.2, -0.15) is 0 Å². The maximum Gasteiger partial charge on any atom is 0.311 e. The maximum atomic E-state index is 12.4. The number of ether oxygens (including phenoxy) is 2. The molecule has 3 rings (SSSR count). The van der Waals surface area contributed by atoms with E-state index in [1.165, 1.54) is 7.11 Å². The number of ketones is 1. The average Bonchev–Trinajstić information content (AvgIpc) is 3.12. The summed E-state index contributed by atoms with van der Waals surface area (Å²) in [7, 11) is 1.52. The Hall–Kier alpha value is -3.68. The first-order valence-corrected chi connectivity index (χ1v) is 9.40. The predicted octanol–water partition coefficient (Wildman–Crippen LogP) is 1.92. The molecule has 1 aliphatic rings. The molecular weight excluding hydrogens is 388 g/mol. The molecule has 0 bridgehead atoms. The number of nitrogens with zero attached hydrogens (tertiary/aromatic N) is 1. The largest absolute Gasteiger partial charge is 0.497 e. The Morgan fingerprint density at radius 1 is 1.10 bits per heavy atom. The van der Waals surface area contributed by atoms with Crippen LogP contribution in [0.4, 0.5) is 0 Å². The molecule has 8 nitrogen and oxygen atoms in total. The number of rotatable bonds is 7. The van der Waals surface area contributed by atoms with Crippen LogP contribution < -0.4 is 10.2 Å². The highest BCUT2D eigenvalue weighted by atomic mass is 16.5. The molecular formula is C22H22N2O6. The summed E-state index contributed by atoms with van der Waals surface area (Å²) in [6.45, 7) is 1.36. The lowest BCUT2D eigenvalue weighted by molar-refractivity contribution is -0.147. The minimum Gasteiger partial charge on any atom is -0.497 e. The highest BCUT2D eigenvalue weighted by Crippen LogP contribution is 2.19. The van der Waals surface area contributed by atoms with E-state index < -0.39 is 24.4 Å². The van der Waals surface area contributed by atoms with Gasteiger partial charge in [0.1, 0.15) is 5.75 Å². The fourth-order valence-electron chi connectivity index (χ4n) is 3.10. The van der Waals surface area contributed by atoms with Gasteiger partial charge < -0.3 is 9.47 Å². The summed E-state index contributed by atoms with van der Waals surface area (Å²) < 4.78 is 10.1. The fraction of sp³-hybridized carbons (Fsp3) is 0.273. The third-order valence-corrected chi connectivity index (χ3v) is 4.84. The standard InChI is InChI=1S/C22H22N2O6/c1-14-5-3-4-6-18(14)21(27)23-24-12-16(11-20(24)26)22(28)30-13-19(25)15-7-9-17(29-2)10-8-15/h3-10,16H,11-13H2,1-2H3,(H,23,27). The first kappa shape index (κ1) is 21.0. The van der Waals surface area contributed by atoms with Crippen LogP contribution in [0.1, 0.15) is 32.7 Å². The molecule has 30 heavy (non-hydrogen) atoms. The number of aryl methyl sites for hydroxylation is 1. The van der Waals surface area contributed by atoms with E-state index in [2.05, 4.69) is 5.43 Å². The van der Waals surface area contributed by atoms with E-state index in [1.807, 2.05) is 6.07 Å². The average molecular weight is 410 g/mol. The summed E-state index contributed by atoms with van der Waals surface area (Å²) in [5.41, 5.74) is 4.14. The van der Waals surface area contributed by atoms with E-state index >= 15 is 0 Å². The maximum absolute atomic E-state index is 12.4. The van der Waals surface area contributed by atoms with Crippen molar-refractivity contribution in [3.05, 3.63) is 65.2 Å². The number of carbonyl (C=O) groups excluding carboxylic acids is 4. The van der Waals surface area contributed by atoms with Crippen molar-refractivity contribution in [2.24, 2.45) is 5.92 Å². The van der Waals surface area contributed by atoms with E-state index in [0.717, 1.165) is 10.6 Å². The van der Waals surface area contributed by atoms with Crippen LogP contribution in [0.15, 0.2) is 48.5 Å². The molecule has 1 aliphatic heterocycles. The van der Waals surface area contributed by atoms with Crippen molar-refractivity contribution in [2.45, 2.75) is 13.3 Å². The monoisotopic (exact) mass is 410 g/mol. The van der Waals surface area contributed by atoms with Gasteiger partial charge in [-0.3, -0.25) is 29.6 Å². The van der Waals surface area contributed by atoms with Crippen molar-refractivity contribution in [3.8, 4) is 5.75 Å². The Kier molecular flexibility index (Phi) is 6.46. The number of esters is 1. The van der Waals surface area contributed by atoms with Gasteiger partial charge in [-0.25, -0.2) is 0 Å². The summed E-state index contributed by atoms with van der Waals surface area (Å²) in [5.74, 6) is -1.97.